The first-order chi connectivity index (χ1) is 11.0. The second-order valence-electron chi connectivity index (χ2n) is 6.19. The van der Waals surface area contributed by atoms with Crippen molar-refractivity contribution in [1.29, 1.82) is 0 Å². The van der Waals surface area contributed by atoms with E-state index < -0.39 is 0 Å². The van der Waals surface area contributed by atoms with Crippen molar-refractivity contribution in [2.24, 2.45) is 0 Å². The normalized spacial score (nSPS) is 22.0. The number of aromatic nitrogens is 2. The number of carbonyl (C=O) groups is 1. The highest BCUT2D eigenvalue weighted by atomic mass is 32.2. The maximum Gasteiger partial charge on any atom is 0.248 e. The fourth-order valence-corrected chi connectivity index (χ4v) is 4.43. The van der Waals surface area contributed by atoms with Crippen LogP contribution in [0.25, 0.3) is 0 Å². The zero-order valence-electron chi connectivity index (χ0n) is 13.7. The lowest BCUT2D eigenvalue weighted by atomic mass is 9.93. The molecule has 0 saturated carbocycles. The van der Waals surface area contributed by atoms with E-state index in [0.717, 1.165) is 31.1 Å². The van der Waals surface area contributed by atoms with Crippen LogP contribution < -0.4 is 9.64 Å². The number of amides is 1. The summed E-state index contributed by atoms with van der Waals surface area (Å²) in [6.45, 7) is 2.06. The molecule has 0 aliphatic carbocycles. The Morgan fingerprint density at radius 1 is 1.48 bits per heavy atom. The number of likely N-dealkylation sites (N-methyl/N-ethyl adjacent to an activating group) is 1. The predicted molar refractivity (Wildman–Crippen MR) is 89.0 cm³/mol. The Hall–Kier alpha value is -1.54. The molecule has 2 fully saturated rings. The first kappa shape index (κ1) is 16.3. The van der Waals surface area contributed by atoms with Gasteiger partial charge in [0, 0.05) is 39.0 Å². The van der Waals surface area contributed by atoms with Crippen LogP contribution >= 0.6 is 11.8 Å². The van der Waals surface area contributed by atoms with Crippen LogP contribution in [0.5, 0.6) is 5.88 Å². The van der Waals surface area contributed by atoms with Crippen molar-refractivity contribution in [1.82, 2.24) is 14.9 Å². The van der Waals surface area contributed by atoms with Gasteiger partial charge in [-0.2, -0.15) is 0 Å². The molecule has 3 rings (SSSR count). The second kappa shape index (κ2) is 6.52. The number of hydrogen-bond donors (Lipinski definition) is 0. The van der Waals surface area contributed by atoms with Crippen molar-refractivity contribution >= 4 is 23.5 Å². The maximum atomic E-state index is 11.6. The summed E-state index contributed by atoms with van der Waals surface area (Å²) in [6.07, 6.45) is 2.67. The third-order valence-corrected chi connectivity index (χ3v) is 5.81. The Morgan fingerprint density at radius 2 is 2.26 bits per heavy atom. The number of ether oxygens (including phenoxy) is 2. The van der Waals surface area contributed by atoms with Crippen LogP contribution in [-0.4, -0.2) is 78.3 Å². The highest BCUT2D eigenvalue weighted by Crippen LogP contribution is 2.47. The van der Waals surface area contributed by atoms with E-state index in [1.54, 1.807) is 26.1 Å². The molecule has 7 nitrogen and oxygen atoms in total. The molecule has 1 aromatic rings. The summed E-state index contributed by atoms with van der Waals surface area (Å²) < 4.78 is 11.1. The number of anilines is 1. The summed E-state index contributed by atoms with van der Waals surface area (Å²) in [5, 5.41) is 0. The number of thioether (sulfide) groups is 1. The van der Waals surface area contributed by atoms with E-state index in [-0.39, 0.29) is 23.4 Å². The van der Waals surface area contributed by atoms with E-state index in [1.165, 1.54) is 6.33 Å². The highest BCUT2D eigenvalue weighted by Gasteiger charge is 2.50. The fraction of sp³-hybridized carbons (Fsp3) is 0.667. The topological polar surface area (TPSA) is 67.8 Å². The van der Waals surface area contributed by atoms with Gasteiger partial charge in [0.25, 0.3) is 0 Å². The maximum absolute atomic E-state index is 11.6. The third kappa shape index (κ3) is 3.53. The molecule has 0 radical (unpaired) electrons. The van der Waals surface area contributed by atoms with Gasteiger partial charge in [-0.25, -0.2) is 9.97 Å². The molecule has 126 valence electrons. The lowest BCUT2D eigenvalue weighted by Crippen LogP contribution is -2.59. The lowest BCUT2D eigenvalue weighted by molar-refractivity contribution is -0.135. The van der Waals surface area contributed by atoms with E-state index in [1.807, 2.05) is 17.8 Å². The molecule has 0 aromatic carbocycles. The van der Waals surface area contributed by atoms with Gasteiger partial charge in [0.05, 0.1) is 18.0 Å². The molecule has 2 aliphatic heterocycles. The molecule has 0 bridgehead atoms. The van der Waals surface area contributed by atoms with Gasteiger partial charge in [-0.05, 0) is 6.42 Å². The Balaban J connectivity index is 1.50. The van der Waals surface area contributed by atoms with Crippen LogP contribution in [0.3, 0.4) is 0 Å². The standard InChI is InChI=1S/C15H22N4O3S/c1-18(2)14(20)6-22-11-5-15(23-7-11)8-19(9-15)12-4-13(21-3)17-10-16-12/h4,10-11H,5-9H2,1-3H3. The third-order valence-electron chi connectivity index (χ3n) is 4.24. The number of rotatable bonds is 5. The average molecular weight is 338 g/mol. The minimum Gasteiger partial charge on any atom is -0.481 e. The smallest absolute Gasteiger partial charge is 0.248 e. The quantitative estimate of drug-likeness (QED) is 0.781. The van der Waals surface area contributed by atoms with Crippen molar-refractivity contribution < 1.29 is 14.3 Å². The largest absolute Gasteiger partial charge is 0.481 e. The van der Waals surface area contributed by atoms with Crippen molar-refractivity contribution in [2.45, 2.75) is 17.3 Å². The Bertz CT molecular complexity index is 578. The summed E-state index contributed by atoms with van der Waals surface area (Å²) in [5.41, 5.74) is 0. The summed E-state index contributed by atoms with van der Waals surface area (Å²) in [6, 6.07) is 1.86. The number of carbonyl (C=O) groups excluding carboxylic acids is 1. The monoisotopic (exact) mass is 338 g/mol. The predicted octanol–water partition coefficient (Wildman–Crippen LogP) is 0.654. The Labute approximate surface area is 140 Å². The fourth-order valence-electron chi connectivity index (χ4n) is 2.87. The van der Waals surface area contributed by atoms with Crippen molar-refractivity contribution in [3.8, 4) is 5.88 Å². The molecular formula is C15H22N4O3S. The van der Waals surface area contributed by atoms with Crippen molar-refractivity contribution in [2.75, 3.05) is 51.6 Å². The molecule has 1 unspecified atom stereocenters. The van der Waals surface area contributed by atoms with Gasteiger partial charge in [0.2, 0.25) is 11.8 Å². The molecule has 23 heavy (non-hydrogen) atoms. The van der Waals surface area contributed by atoms with Crippen molar-refractivity contribution in [3.05, 3.63) is 12.4 Å². The van der Waals surface area contributed by atoms with E-state index in [2.05, 4.69) is 14.9 Å². The molecule has 1 amide bonds. The number of nitrogens with zero attached hydrogens (tertiary/aromatic N) is 4. The van der Waals surface area contributed by atoms with Crippen LogP contribution in [0.15, 0.2) is 12.4 Å². The van der Waals surface area contributed by atoms with Crippen LogP contribution in [0, 0.1) is 0 Å². The van der Waals surface area contributed by atoms with Crippen LogP contribution in [0.2, 0.25) is 0 Å². The van der Waals surface area contributed by atoms with E-state index >= 15 is 0 Å². The van der Waals surface area contributed by atoms with E-state index in [0.29, 0.717) is 5.88 Å². The van der Waals surface area contributed by atoms with Gasteiger partial charge in [-0.1, -0.05) is 0 Å². The van der Waals surface area contributed by atoms with Crippen molar-refractivity contribution in [3.63, 3.8) is 0 Å². The van der Waals surface area contributed by atoms with Crippen LogP contribution in [0.4, 0.5) is 5.82 Å². The van der Waals surface area contributed by atoms with Gasteiger partial charge in [0.1, 0.15) is 18.8 Å². The summed E-state index contributed by atoms with van der Waals surface area (Å²) in [5.74, 6) is 2.44. The molecule has 1 spiro atoms. The molecule has 1 aromatic heterocycles. The molecule has 1 atom stereocenters. The van der Waals surface area contributed by atoms with Gasteiger partial charge in [0.15, 0.2) is 0 Å². The van der Waals surface area contributed by atoms with Gasteiger partial charge >= 0.3 is 0 Å². The lowest BCUT2D eigenvalue weighted by Gasteiger charge is -2.48. The summed E-state index contributed by atoms with van der Waals surface area (Å²) in [4.78, 5) is 23.7. The second-order valence-corrected chi connectivity index (χ2v) is 7.68. The van der Waals surface area contributed by atoms with Gasteiger partial charge in [-0.3, -0.25) is 4.79 Å². The Kier molecular flexibility index (Phi) is 4.63. The molecule has 8 heteroatoms. The van der Waals surface area contributed by atoms with Crippen LogP contribution in [-0.2, 0) is 9.53 Å². The minimum absolute atomic E-state index is 0.0132. The highest BCUT2D eigenvalue weighted by molar-refractivity contribution is 8.01. The number of hydrogen-bond acceptors (Lipinski definition) is 7. The molecule has 0 N–H and O–H groups in total. The van der Waals surface area contributed by atoms with E-state index in [4.69, 9.17) is 9.47 Å². The van der Waals surface area contributed by atoms with Crippen LogP contribution in [0.1, 0.15) is 6.42 Å². The summed E-state index contributed by atoms with van der Waals surface area (Å²) in [7, 11) is 5.10. The van der Waals surface area contributed by atoms with Gasteiger partial charge in [-0.15, -0.1) is 11.8 Å². The summed E-state index contributed by atoms with van der Waals surface area (Å²) >= 11 is 1.94. The molecule has 2 aliphatic rings. The zero-order chi connectivity index (χ0) is 16.4. The van der Waals surface area contributed by atoms with Gasteiger partial charge < -0.3 is 19.3 Å². The average Bonchev–Trinajstić information content (AvgIpc) is 2.95. The molecule has 2 saturated heterocycles. The SMILES string of the molecule is COc1cc(N2CC3(CC(OCC(=O)N(C)C)CS3)C2)ncn1. The van der Waals surface area contributed by atoms with E-state index in [9.17, 15) is 4.79 Å². The zero-order valence-corrected chi connectivity index (χ0v) is 14.5. The molecule has 3 heterocycles. The number of methoxy groups -OCH3 is 1. The first-order valence-electron chi connectivity index (χ1n) is 7.58. The Morgan fingerprint density at radius 3 is 2.96 bits per heavy atom. The minimum atomic E-state index is 0.0132. The first-order valence-corrected chi connectivity index (χ1v) is 8.57. The molecular weight excluding hydrogens is 316 g/mol.